The first-order chi connectivity index (χ1) is 18.6. The number of unbranched alkanes of at least 4 members (excludes halogenated alkanes) is 1. The summed E-state index contributed by atoms with van der Waals surface area (Å²) in [4.78, 5) is 44.4. The first-order valence-electron chi connectivity index (χ1n) is 13.4. The van der Waals surface area contributed by atoms with Crippen LogP contribution in [-0.4, -0.2) is 86.5 Å². The van der Waals surface area contributed by atoms with Gasteiger partial charge in [-0.2, -0.15) is 0 Å². The molecular weight excluding hydrogens is 488 g/mol. The van der Waals surface area contributed by atoms with E-state index in [9.17, 15) is 14.4 Å². The fourth-order valence-electron chi connectivity index (χ4n) is 5.17. The normalized spacial score (nSPS) is 21.6. The Bertz CT molecular complexity index is 1180. The molecule has 202 valence electrons. The Labute approximate surface area is 222 Å². The number of fused-ring (bicyclic) bond motifs is 1. The number of ketones is 2. The van der Waals surface area contributed by atoms with Crippen LogP contribution in [0.15, 0.2) is 42.5 Å². The standard InChI is InChI=1S/C29H34N2O7/c1-2-3-13-36-22-6-4-5-20(18-22)26-25(27(32)21-7-8-23-24(19-21)38-17-16-37-23)28(33)29(34)31(26)10-9-30-11-14-35-15-12-30/h4-8,18-19,25-26H,2-3,9-17H2,1H3. The Morgan fingerprint density at radius 2 is 1.76 bits per heavy atom. The molecule has 9 heteroatoms. The molecule has 1 amide bonds. The molecule has 3 aliphatic rings. The highest BCUT2D eigenvalue weighted by atomic mass is 16.6. The summed E-state index contributed by atoms with van der Waals surface area (Å²) in [5.41, 5.74) is 1.02. The Morgan fingerprint density at radius 3 is 2.55 bits per heavy atom. The first kappa shape index (κ1) is 26.2. The zero-order chi connectivity index (χ0) is 26.5. The maximum atomic E-state index is 13.9. The summed E-state index contributed by atoms with van der Waals surface area (Å²) in [5, 5.41) is 0. The lowest BCUT2D eigenvalue weighted by Gasteiger charge is -2.32. The van der Waals surface area contributed by atoms with E-state index in [0.29, 0.717) is 74.5 Å². The van der Waals surface area contributed by atoms with Crippen molar-refractivity contribution >= 4 is 17.5 Å². The second-order valence-corrected chi connectivity index (χ2v) is 9.74. The maximum Gasteiger partial charge on any atom is 0.291 e. The highest BCUT2D eigenvalue weighted by Gasteiger charge is 2.51. The zero-order valence-electron chi connectivity index (χ0n) is 21.7. The van der Waals surface area contributed by atoms with Gasteiger partial charge in [-0.1, -0.05) is 25.5 Å². The highest BCUT2D eigenvalue weighted by molar-refractivity contribution is 6.44. The second kappa shape index (κ2) is 12.0. The lowest BCUT2D eigenvalue weighted by Crippen LogP contribution is -2.42. The van der Waals surface area contributed by atoms with Gasteiger partial charge < -0.3 is 23.8 Å². The van der Waals surface area contributed by atoms with Crippen molar-refractivity contribution in [2.75, 3.05) is 59.2 Å². The highest BCUT2D eigenvalue weighted by Crippen LogP contribution is 2.40. The van der Waals surface area contributed by atoms with Crippen LogP contribution in [0.1, 0.15) is 41.7 Å². The van der Waals surface area contributed by atoms with Gasteiger partial charge in [0.1, 0.15) is 24.9 Å². The van der Waals surface area contributed by atoms with Gasteiger partial charge in [0, 0.05) is 31.7 Å². The molecule has 9 nitrogen and oxygen atoms in total. The Kier molecular flexibility index (Phi) is 8.24. The second-order valence-electron chi connectivity index (χ2n) is 9.74. The Hall–Kier alpha value is -3.43. The molecule has 5 rings (SSSR count). The third kappa shape index (κ3) is 5.54. The molecule has 0 saturated carbocycles. The summed E-state index contributed by atoms with van der Waals surface area (Å²) in [7, 11) is 0. The molecule has 3 aliphatic heterocycles. The third-order valence-electron chi connectivity index (χ3n) is 7.24. The van der Waals surface area contributed by atoms with Crippen molar-refractivity contribution in [1.82, 2.24) is 9.80 Å². The van der Waals surface area contributed by atoms with Gasteiger partial charge >= 0.3 is 0 Å². The average molecular weight is 523 g/mol. The number of ether oxygens (including phenoxy) is 4. The predicted octanol–water partition coefficient (Wildman–Crippen LogP) is 2.92. The molecule has 0 N–H and O–H groups in total. The van der Waals surface area contributed by atoms with Crippen molar-refractivity contribution in [1.29, 1.82) is 0 Å². The molecule has 2 saturated heterocycles. The molecular formula is C29H34N2O7. The first-order valence-corrected chi connectivity index (χ1v) is 13.4. The van der Waals surface area contributed by atoms with Crippen LogP contribution >= 0.6 is 0 Å². The number of hydrogen-bond donors (Lipinski definition) is 0. The summed E-state index contributed by atoms with van der Waals surface area (Å²) in [6.45, 7) is 7.22. The molecule has 2 fully saturated rings. The van der Waals surface area contributed by atoms with Crippen LogP contribution in [-0.2, 0) is 14.3 Å². The summed E-state index contributed by atoms with van der Waals surface area (Å²) in [6, 6.07) is 11.6. The number of hydrogen-bond acceptors (Lipinski definition) is 8. The number of nitrogens with zero attached hydrogens (tertiary/aromatic N) is 2. The number of likely N-dealkylation sites (tertiary alicyclic amines) is 1. The number of benzene rings is 2. The molecule has 38 heavy (non-hydrogen) atoms. The van der Waals surface area contributed by atoms with E-state index in [-0.39, 0.29) is 0 Å². The monoisotopic (exact) mass is 522 g/mol. The minimum Gasteiger partial charge on any atom is -0.494 e. The van der Waals surface area contributed by atoms with Gasteiger partial charge in [0.05, 0.1) is 25.9 Å². The number of morpholine rings is 1. The van der Waals surface area contributed by atoms with E-state index >= 15 is 0 Å². The van der Waals surface area contributed by atoms with Gasteiger partial charge in [-0.3, -0.25) is 19.3 Å². The molecule has 2 unspecified atom stereocenters. The van der Waals surface area contributed by atoms with E-state index in [4.69, 9.17) is 18.9 Å². The number of carbonyl (C=O) groups is 3. The fourth-order valence-corrected chi connectivity index (χ4v) is 5.17. The van der Waals surface area contributed by atoms with Crippen molar-refractivity contribution in [3.05, 3.63) is 53.6 Å². The zero-order valence-corrected chi connectivity index (χ0v) is 21.7. The molecule has 0 aliphatic carbocycles. The summed E-state index contributed by atoms with van der Waals surface area (Å²) >= 11 is 0. The van der Waals surface area contributed by atoms with Gasteiger partial charge in [-0.05, 0) is 42.3 Å². The van der Waals surface area contributed by atoms with E-state index < -0.39 is 29.4 Å². The van der Waals surface area contributed by atoms with Gasteiger partial charge in [-0.25, -0.2) is 0 Å². The van der Waals surface area contributed by atoms with Crippen LogP contribution in [0, 0.1) is 5.92 Å². The summed E-state index contributed by atoms with van der Waals surface area (Å²) < 4.78 is 22.6. The van der Waals surface area contributed by atoms with Crippen LogP contribution in [0.25, 0.3) is 0 Å². The molecule has 0 bridgehead atoms. The van der Waals surface area contributed by atoms with E-state index in [1.54, 1.807) is 23.1 Å². The van der Waals surface area contributed by atoms with Gasteiger partial charge in [0.15, 0.2) is 17.3 Å². The maximum absolute atomic E-state index is 13.9. The van der Waals surface area contributed by atoms with Gasteiger partial charge in [-0.15, -0.1) is 0 Å². The minimum absolute atomic E-state index is 0.316. The van der Waals surface area contributed by atoms with Crippen molar-refractivity contribution in [2.24, 2.45) is 5.92 Å². The number of rotatable bonds is 10. The molecule has 3 heterocycles. The Morgan fingerprint density at radius 1 is 0.974 bits per heavy atom. The van der Waals surface area contributed by atoms with Crippen LogP contribution in [0.3, 0.4) is 0 Å². The van der Waals surface area contributed by atoms with Crippen LogP contribution in [0.4, 0.5) is 0 Å². The SMILES string of the molecule is CCCCOc1cccc(C2C(C(=O)c3ccc4c(c3)OCCO4)C(=O)C(=O)N2CCN2CCOCC2)c1. The van der Waals surface area contributed by atoms with Crippen molar-refractivity contribution < 1.29 is 33.3 Å². The minimum atomic E-state index is -1.17. The third-order valence-corrected chi connectivity index (χ3v) is 7.24. The summed E-state index contributed by atoms with van der Waals surface area (Å²) in [6.07, 6.45) is 1.92. The number of Topliss-reactive ketones (excluding diaryl/α,β-unsaturated/α-hetero) is 2. The molecule has 0 aromatic heterocycles. The van der Waals surface area contributed by atoms with E-state index in [0.717, 1.165) is 25.9 Å². The largest absolute Gasteiger partial charge is 0.494 e. The number of amides is 1. The fraction of sp³-hybridized carbons (Fsp3) is 0.483. The van der Waals surface area contributed by atoms with Crippen molar-refractivity contribution in [2.45, 2.75) is 25.8 Å². The van der Waals surface area contributed by atoms with Crippen molar-refractivity contribution in [3.63, 3.8) is 0 Å². The lowest BCUT2D eigenvalue weighted by molar-refractivity contribution is -0.141. The quantitative estimate of drug-likeness (QED) is 0.204. The molecule has 0 spiro atoms. The molecule has 2 aromatic rings. The van der Waals surface area contributed by atoms with E-state index in [1.807, 2.05) is 24.3 Å². The Balaban J connectivity index is 1.46. The smallest absolute Gasteiger partial charge is 0.291 e. The van der Waals surface area contributed by atoms with E-state index in [1.165, 1.54) is 0 Å². The molecule has 0 radical (unpaired) electrons. The average Bonchev–Trinajstić information content (AvgIpc) is 3.21. The predicted molar refractivity (Wildman–Crippen MR) is 139 cm³/mol. The van der Waals surface area contributed by atoms with Crippen molar-refractivity contribution in [3.8, 4) is 17.2 Å². The van der Waals surface area contributed by atoms with Crippen LogP contribution < -0.4 is 14.2 Å². The molecule has 2 atom stereocenters. The summed E-state index contributed by atoms with van der Waals surface area (Å²) in [5.74, 6) is -1.21. The molecule has 2 aromatic carbocycles. The number of carbonyl (C=O) groups excluding carboxylic acids is 3. The van der Waals surface area contributed by atoms with Gasteiger partial charge in [0.25, 0.3) is 5.91 Å². The van der Waals surface area contributed by atoms with Crippen LogP contribution in [0.5, 0.6) is 17.2 Å². The topological polar surface area (TPSA) is 94.6 Å². The van der Waals surface area contributed by atoms with Gasteiger partial charge in [0.2, 0.25) is 5.78 Å². The van der Waals surface area contributed by atoms with E-state index in [2.05, 4.69) is 11.8 Å². The lowest BCUT2D eigenvalue weighted by atomic mass is 9.86. The van der Waals surface area contributed by atoms with Crippen LogP contribution in [0.2, 0.25) is 0 Å².